The number of aromatic amines is 1. The molecule has 1 heterocycles. The lowest BCUT2D eigenvalue weighted by Gasteiger charge is -2.05. The minimum absolute atomic E-state index is 0.00578. The molecule has 23 heavy (non-hydrogen) atoms. The molecule has 0 spiro atoms. The molecule has 2 aromatic carbocycles. The molecule has 0 saturated carbocycles. The Bertz CT molecular complexity index is 856. The molecule has 3 rings (SSSR count). The Morgan fingerprint density at radius 3 is 2.65 bits per heavy atom. The number of hydrogen-bond acceptors (Lipinski definition) is 4. The number of ketones is 1. The summed E-state index contributed by atoms with van der Waals surface area (Å²) in [6.45, 7) is 0. The van der Waals surface area contributed by atoms with Gasteiger partial charge in [0, 0.05) is 12.0 Å². The zero-order valence-corrected chi connectivity index (χ0v) is 12.1. The van der Waals surface area contributed by atoms with E-state index < -0.39 is 11.8 Å². The molecule has 0 aliphatic heterocycles. The zero-order chi connectivity index (χ0) is 16.2. The van der Waals surface area contributed by atoms with Crippen LogP contribution >= 0.6 is 0 Å². The predicted octanol–water partition coefficient (Wildman–Crippen LogP) is 3.27. The van der Waals surface area contributed by atoms with Gasteiger partial charge in [0.05, 0.1) is 23.5 Å². The highest BCUT2D eigenvalue weighted by Crippen LogP contribution is 2.24. The summed E-state index contributed by atoms with van der Waals surface area (Å²) in [7, 11) is 0. The highest BCUT2D eigenvalue weighted by Gasteiger charge is 2.13. The Kier molecular flexibility index (Phi) is 4.14. The van der Waals surface area contributed by atoms with Crippen molar-refractivity contribution in [2.45, 2.75) is 12.8 Å². The average Bonchev–Trinajstić information content (AvgIpc) is 3.03. The third-order valence-electron chi connectivity index (χ3n) is 3.39. The third kappa shape index (κ3) is 3.42. The van der Waals surface area contributed by atoms with Gasteiger partial charge in [-0.2, -0.15) is 5.10 Å². The maximum absolute atomic E-state index is 12.8. The number of hydrogen-bond donors (Lipinski definition) is 1. The van der Waals surface area contributed by atoms with E-state index in [1.54, 1.807) is 18.3 Å². The maximum Gasteiger partial charge on any atom is 0.311 e. The Hall–Kier alpha value is -3.02. The third-order valence-corrected chi connectivity index (χ3v) is 3.39. The monoisotopic (exact) mass is 312 g/mol. The molecule has 0 aliphatic rings. The molecule has 0 aliphatic carbocycles. The Morgan fingerprint density at radius 1 is 1.09 bits per heavy atom. The minimum atomic E-state index is -0.505. The second-order valence-corrected chi connectivity index (χ2v) is 4.99. The average molecular weight is 312 g/mol. The van der Waals surface area contributed by atoms with Crippen molar-refractivity contribution < 1.29 is 18.7 Å². The largest absolute Gasteiger partial charge is 0.426 e. The summed E-state index contributed by atoms with van der Waals surface area (Å²) in [5.74, 6) is -0.748. The molecule has 0 unspecified atom stereocenters. The molecule has 0 amide bonds. The highest BCUT2D eigenvalue weighted by atomic mass is 19.1. The van der Waals surface area contributed by atoms with Crippen LogP contribution in [0.1, 0.15) is 23.2 Å². The number of halogens is 1. The van der Waals surface area contributed by atoms with E-state index in [-0.39, 0.29) is 18.6 Å². The van der Waals surface area contributed by atoms with Gasteiger partial charge in [0.25, 0.3) is 0 Å². The van der Waals surface area contributed by atoms with Crippen LogP contribution < -0.4 is 4.74 Å². The number of fused-ring (bicyclic) bond motifs is 1. The van der Waals surface area contributed by atoms with E-state index >= 15 is 0 Å². The lowest BCUT2D eigenvalue weighted by atomic mass is 10.1. The van der Waals surface area contributed by atoms with Crippen molar-refractivity contribution in [3.63, 3.8) is 0 Å². The van der Waals surface area contributed by atoms with E-state index in [4.69, 9.17) is 4.74 Å². The summed E-state index contributed by atoms with van der Waals surface area (Å²) in [5.41, 5.74) is 1.13. The lowest BCUT2D eigenvalue weighted by molar-refractivity contribution is -0.134. The summed E-state index contributed by atoms with van der Waals surface area (Å²) in [6, 6.07) is 10.4. The van der Waals surface area contributed by atoms with Crippen molar-refractivity contribution in [3.8, 4) is 5.75 Å². The van der Waals surface area contributed by atoms with Crippen molar-refractivity contribution in [3.05, 3.63) is 60.0 Å². The standard InChI is InChI=1S/C17H13FN2O3/c18-12-6-4-11(5-7-12)15(21)8-9-17(22)23-16-3-1-2-14-13(16)10-19-20-14/h1-7,10H,8-9H2,(H,19,20). The number of benzene rings is 2. The number of carbonyl (C=O) groups is 2. The molecule has 6 heteroatoms. The number of nitrogens with one attached hydrogen (secondary N) is 1. The quantitative estimate of drug-likeness (QED) is 0.446. The van der Waals surface area contributed by atoms with E-state index in [1.807, 2.05) is 6.07 Å². The molecule has 0 radical (unpaired) electrons. The number of Topliss-reactive ketones (excluding diaryl/α,β-unsaturated/α-hetero) is 1. The van der Waals surface area contributed by atoms with Crippen LogP contribution in [0.15, 0.2) is 48.7 Å². The van der Waals surface area contributed by atoms with E-state index in [9.17, 15) is 14.0 Å². The SMILES string of the molecule is O=C(CCC(=O)c1ccc(F)cc1)Oc1cccc2[nH]ncc12. The molecule has 1 N–H and O–H groups in total. The van der Waals surface area contributed by atoms with Crippen molar-refractivity contribution >= 4 is 22.7 Å². The van der Waals surface area contributed by atoms with Crippen LogP contribution in [0.2, 0.25) is 0 Å². The van der Waals surface area contributed by atoms with Gasteiger partial charge in [0.15, 0.2) is 5.78 Å². The van der Waals surface area contributed by atoms with Gasteiger partial charge in [0.2, 0.25) is 0 Å². The molecule has 116 valence electrons. The Labute approximate surface area is 131 Å². The molecule has 0 atom stereocenters. The minimum Gasteiger partial charge on any atom is -0.426 e. The Morgan fingerprint density at radius 2 is 1.87 bits per heavy atom. The van der Waals surface area contributed by atoms with Crippen LogP contribution in [-0.2, 0) is 4.79 Å². The maximum atomic E-state index is 12.8. The summed E-state index contributed by atoms with van der Waals surface area (Å²) in [4.78, 5) is 23.8. The van der Waals surface area contributed by atoms with Crippen molar-refractivity contribution in [2.24, 2.45) is 0 Å². The predicted molar refractivity (Wildman–Crippen MR) is 81.7 cm³/mol. The van der Waals surface area contributed by atoms with Gasteiger partial charge in [0.1, 0.15) is 11.6 Å². The summed E-state index contributed by atoms with van der Waals surface area (Å²) in [5, 5.41) is 7.37. The number of rotatable bonds is 5. The van der Waals surface area contributed by atoms with E-state index in [1.165, 1.54) is 24.3 Å². The number of nitrogens with zero attached hydrogens (tertiary/aromatic N) is 1. The van der Waals surface area contributed by atoms with E-state index in [0.29, 0.717) is 16.7 Å². The fourth-order valence-electron chi connectivity index (χ4n) is 2.20. The van der Waals surface area contributed by atoms with Gasteiger partial charge >= 0.3 is 5.97 Å². The molecule has 0 bridgehead atoms. The normalized spacial score (nSPS) is 10.7. The summed E-state index contributed by atoms with van der Waals surface area (Å²) < 4.78 is 18.1. The van der Waals surface area contributed by atoms with Gasteiger partial charge in [-0.15, -0.1) is 0 Å². The summed E-state index contributed by atoms with van der Waals surface area (Å²) >= 11 is 0. The van der Waals surface area contributed by atoms with Crippen LogP contribution in [0.5, 0.6) is 5.75 Å². The zero-order valence-electron chi connectivity index (χ0n) is 12.1. The van der Waals surface area contributed by atoms with Crippen LogP contribution in [0.3, 0.4) is 0 Å². The second kappa shape index (κ2) is 6.39. The first-order valence-electron chi connectivity index (χ1n) is 7.05. The molecule has 3 aromatic rings. The van der Waals surface area contributed by atoms with Crippen LogP contribution in [-0.4, -0.2) is 21.9 Å². The highest BCUT2D eigenvalue weighted by molar-refractivity contribution is 5.97. The van der Waals surface area contributed by atoms with Crippen molar-refractivity contribution in [1.82, 2.24) is 10.2 Å². The first kappa shape index (κ1) is 14.9. The Balaban J connectivity index is 1.60. The van der Waals surface area contributed by atoms with Gasteiger partial charge in [-0.3, -0.25) is 14.7 Å². The van der Waals surface area contributed by atoms with Gasteiger partial charge in [-0.05, 0) is 36.4 Å². The number of aromatic nitrogens is 2. The smallest absolute Gasteiger partial charge is 0.311 e. The van der Waals surface area contributed by atoms with Crippen molar-refractivity contribution in [1.29, 1.82) is 0 Å². The van der Waals surface area contributed by atoms with E-state index in [0.717, 1.165) is 5.52 Å². The number of carbonyl (C=O) groups excluding carboxylic acids is 2. The van der Waals surface area contributed by atoms with Crippen LogP contribution in [0, 0.1) is 5.82 Å². The first-order chi connectivity index (χ1) is 11.1. The van der Waals surface area contributed by atoms with Gasteiger partial charge in [-0.25, -0.2) is 4.39 Å². The molecular weight excluding hydrogens is 299 g/mol. The molecule has 0 fully saturated rings. The fourth-order valence-corrected chi connectivity index (χ4v) is 2.20. The molecule has 5 nitrogen and oxygen atoms in total. The fraction of sp³-hybridized carbons (Fsp3) is 0.118. The lowest BCUT2D eigenvalue weighted by Crippen LogP contribution is -2.11. The molecular formula is C17H13FN2O3. The topological polar surface area (TPSA) is 72.1 Å². The van der Waals surface area contributed by atoms with Gasteiger partial charge in [-0.1, -0.05) is 6.07 Å². The first-order valence-corrected chi connectivity index (χ1v) is 7.05. The number of H-pyrrole nitrogens is 1. The molecule has 0 saturated heterocycles. The van der Waals surface area contributed by atoms with E-state index in [2.05, 4.69) is 10.2 Å². The van der Waals surface area contributed by atoms with Crippen LogP contribution in [0.25, 0.3) is 10.9 Å². The van der Waals surface area contributed by atoms with Crippen molar-refractivity contribution in [2.75, 3.05) is 0 Å². The van der Waals surface area contributed by atoms with Crippen LogP contribution in [0.4, 0.5) is 4.39 Å². The second-order valence-electron chi connectivity index (χ2n) is 4.99. The molecule has 1 aromatic heterocycles. The summed E-state index contributed by atoms with van der Waals surface area (Å²) in [6.07, 6.45) is 1.53. The van der Waals surface area contributed by atoms with Gasteiger partial charge < -0.3 is 4.74 Å². The number of ether oxygens (including phenoxy) is 1. The number of esters is 1.